The fourth-order valence-corrected chi connectivity index (χ4v) is 2.05. The second-order valence-corrected chi connectivity index (χ2v) is 3.80. The maximum Gasteiger partial charge on any atom is 0.230 e. The number of phenols is 1. The van der Waals surface area contributed by atoms with Gasteiger partial charge in [0.2, 0.25) is 5.71 Å². The molecule has 1 N–H and O–H groups in total. The Morgan fingerprint density at radius 2 is 1.89 bits per heavy atom. The second kappa shape index (κ2) is 4.85. The Morgan fingerprint density at radius 3 is 2.58 bits per heavy atom. The van der Waals surface area contributed by atoms with Crippen LogP contribution in [0.25, 0.3) is 22.0 Å². The number of aromatic hydroxyl groups is 1. The predicted octanol–water partition coefficient (Wildman–Crippen LogP) is 3.13. The summed E-state index contributed by atoms with van der Waals surface area (Å²) in [6, 6.07) is 5.25. The van der Waals surface area contributed by atoms with Gasteiger partial charge in [-0.2, -0.15) is 0 Å². The van der Waals surface area contributed by atoms with E-state index in [0.717, 1.165) is 5.39 Å². The van der Waals surface area contributed by atoms with Gasteiger partial charge in [0.05, 0.1) is 25.9 Å². The number of rotatable bonds is 2. The van der Waals surface area contributed by atoms with E-state index in [1.807, 2.05) is 0 Å². The highest BCUT2D eigenvalue weighted by molar-refractivity contribution is 6.02. The van der Waals surface area contributed by atoms with Gasteiger partial charge in [0.1, 0.15) is 11.3 Å². The summed E-state index contributed by atoms with van der Waals surface area (Å²) < 4.78 is 15.7. The summed E-state index contributed by atoms with van der Waals surface area (Å²) in [6.07, 6.45) is 1.54. The molecule has 1 aromatic carbocycles. The molecule has 0 aliphatic carbocycles. The van der Waals surface area contributed by atoms with Crippen LogP contribution in [0.3, 0.4) is 0 Å². The molecule has 2 heterocycles. The van der Waals surface area contributed by atoms with Crippen molar-refractivity contribution in [2.45, 2.75) is 0 Å². The first-order valence-electron chi connectivity index (χ1n) is 5.37. The molecule has 100 valence electrons. The Morgan fingerprint density at radius 1 is 1.11 bits per heavy atom. The number of halogens is 1. The second-order valence-electron chi connectivity index (χ2n) is 3.80. The molecule has 3 aromatic rings. The van der Waals surface area contributed by atoms with Crippen LogP contribution in [-0.4, -0.2) is 24.3 Å². The number of benzene rings is 1. The van der Waals surface area contributed by atoms with E-state index >= 15 is 0 Å². The van der Waals surface area contributed by atoms with Crippen LogP contribution in [0.4, 0.5) is 0 Å². The van der Waals surface area contributed by atoms with Gasteiger partial charge in [-0.15, -0.1) is 12.4 Å². The van der Waals surface area contributed by atoms with Crippen LogP contribution in [0.5, 0.6) is 17.2 Å². The molecule has 0 fully saturated rings. The van der Waals surface area contributed by atoms with E-state index in [1.54, 1.807) is 25.3 Å². The van der Waals surface area contributed by atoms with Crippen LogP contribution in [0, 0.1) is 0 Å². The smallest absolute Gasteiger partial charge is 0.230 e. The van der Waals surface area contributed by atoms with Gasteiger partial charge in [-0.25, -0.2) is 4.98 Å². The Labute approximate surface area is 115 Å². The largest absolute Gasteiger partial charge is 0.503 e. The summed E-state index contributed by atoms with van der Waals surface area (Å²) in [5.74, 6) is 0.969. The lowest BCUT2D eigenvalue weighted by molar-refractivity contribution is 0.375. The van der Waals surface area contributed by atoms with E-state index in [-0.39, 0.29) is 18.2 Å². The monoisotopic (exact) mass is 281 g/mol. The molecule has 2 aromatic heterocycles. The third-order valence-electron chi connectivity index (χ3n) is 2.89. The van der Waals surface area contributed by atoms with Gasteiger partial charge in [0, 0.05) is 5.39 Å². The zero-order valence-corrected chi connectivity index (χ0v) is 11.2. The minimum Gasteiger partial charge on any atom is -0.503 e. The molecule has 0 saturated carbocycles. The minimum absolute atomic E-state index is 0. The summed E-state index contributed by atoms with van der Waals surface area (Å²) in [5, 5.41) is 11.6. The quantitative estimate of drug-likeness (QED) is 0.782. The summed E-state index contributed by atoms with van der Waals surface area (Å²) in [4.78, 5) is 4.28. The summed E-state index contributed by atoms with van der Waals surface area (Å²) >= 11 is 0. The van der Waals surface area contributed by atoms with Crippen molar-refractivity contribution in [1.82, 2.24) is 4.98 Å². The van der Waals surface area contributed by atoms with E-state index in [2.05, 4.69) is 4.98 Å². The number of pyridine rings is 1. The Balaban J connectivity index is 0.00000133. The third-order valence-corrected chi connectivity index (χ3v) is 2.89. The number of phenolic OH excluding ortho intramolecular Hbond substituents is 1. The molecule has 0 bridgehead atoms. The zero-order chi connectivity index (χ0) is 12.7. The van der Waals surface area contributed by atoms with Crippen molar-refractivity contribution >= 4 is 34.4 Å². The first kappa shape index (κ1) is 13.3. The van der Waals surface area contributed by atoms with E-state index < -0.39 is 0 Å². The van der Waals surface area contributed by atoms with Gasteiger partial charge >= 0.3 is 0 Å². The van der Waals surface area contributed by atoms with Gasteiger partial charge in [0.25, 0.3) is 0 Å². The highest BCUT2D eigenvalue weighted by Gasteiger charge is 2.16. The fraction of sp³-hybridized carbons (Fsp3) is 0.154. The third kappa shape index (κ3) is 1.82. The molecule has 0 aliphatic heterocycles. The van der Waals surface area contributed by atoms with E-state index in [0.29, 0.717) is 28.1 Å². The molecular weight excluding hydrogens is 270 g/mol. The number of hydrogen-bond donors (Lipinski definition) is 1. The molecule has 0 aliphatic rings. The molecule has 6 heteroatoms. The van der Waals surface area contributed by atoms with Crippen LogP contribution in [0.2, 0.25) is 0 Å². The number of nitrogens with zero attached hydrogens (tertiary/aromatic N) is 1. The van der Waals surface area contributed by atoms with Gasteiger partial charge < -0.3 is 19.0 Å². The van der Waals surface area contributed by atoms with Crippen LogP contribution < -0.4 is 9.47 Å². The predicted molar refractivity (Wildman–Crippen MR) is 73.5 cm³/mol. The van der Waals surface area contributed by atoms with Crippen molar-refractivity contribution in [2.75, 3.05) is 14.2 Å². The molecule has 19 heavy (non-hydrogen) atoms. The Bertz CT molecular complexity index is 738. The van der Waals surface area contributed by atoms with Crippen LogP contribution in [0.15, 0.2) is 28.9 Å². The van der Waals surface area contributed by atoms with Crippen LogP contribution in [-0.2, 0) is 0 Å². The fourth-order valence-electron chi connectivity index (χ4n) is 2.05. The summed E-state index contributed by atoms with van der Waals surface area (Å²) in [7, 11) is 3.06. The molecule has 0 amide bonds. The number of furan rings is 1. The highest BCUT2D eigenvalue weighted by atomic mass is 35.5. The molecule has 0 spiro atoms. The summed E-state index contributed by atoms with van der Waals surface area (Å²) in [5.41, 5.74) is 0.816. The Kier molecular flexibility index (Phi) is 3.40. The van der Waals surface area contributed by atoms with Crippen molar-refractivity contribution in [1.29, 1.82) is 0 Å². The number of hydrogen-bond acceptors (Lipinski definition) is 5. The molecule has 0 saturated heterocycles. The molecule has 0 atom stereocenters. The topological polar surface area (TPSA) is 64.7 Å². The van der Waals surface area contributed by atoms with Crippen LogP contribution in [0.1, 0.15) is 0 Å². The normalized spacial score (nSPS) is 10.4. The highest BCUT2D eigenvalue weighted by Crippen LogP contribution is 2.40. The van der Waals surface area contributed by atoms with E-state index in [9.17, 15) is 5.11 Å². The van der Waals surface area contributed by atoms with E-state index in [4.69, 9.17) is 13.9 Å². The lowest BCUT2D eigenvalue weighted by Gasteiger charge is -2.09. The SMILES string of the molecule is COc1ccc2c(OC)c3ccoc3nc2c1O.Cl. The van der Waals surface area contributed by atoms with Crippen molar-refractivity contribution < 1.29 is 19.0 Å². The van der Waals surface area contributed by atoms with Gasteiger partial charge in [-0.1, -0.05) is 0 Å². The molecular formula is C13H12ClNO4. The number of fused-ring (bicyclic) bond motifs is 2. The maximum absolute atomic E-state index is 10.1. The first-order valence-corrected chi connectivity index (χ1v) is 5.37. The molecule has 3 rings (SSSR count). The molecule has 0 unspecified atom stereocenters. The van der Waals surface area contributed by atoms with Gasteiger partial charge in [-0.05, 0) is 18.2 Å². The van der Waals surface area contributed by atoms with Gasteiger partial charge in [-0.3, -0.25) is 0 Å². The number of aromatic nitrogens is 1. The van der Waals surface area contributed by atoms with Gasteiger partial charge in [0.15, 0.2) is 11.5 Å². The number of ether oxygens (including phenoxy) is 2. The standard InChI is InChI=1S/C13H11NO4.ClH/c1-16-9-4-3-7-10(11(9)15)14-13-8(5-6-18-13)12(7)17-2;/h3-6,15H,1-2H3;1H. The maximum atomic E-state index is 10.1. The Hall–Kier alpha value is -2.14. The average molecular weight is 282 g/mol. The van der Waals surface area contributed by atoms with Crippen molar-refractivity contribution in [3.63, 3.8) is 0 Å². The summed E-state index contributed by atoms with van der Waals surface area (Å²) in [6.45, 7) is 0. The zero-order valence-electron chi connectivity index (χ0n) is 10.3. The van der Waals surface area contributed by atoms with Crippen molar-refractivity contribution in [3.05, 3.63) is 24.5 Å². The van der Waals surface area contributed by atoms with Crippen LogP contribution >= 0.6 is 12.4 Å². The van der Waals surface area contributed by atoms with Crippen molar-refractivity contribution in [3.8, 4) is 17.2 Å². The van der Waals surface area contributed by atoms with Crippen molar-refractivity contribution in [2.24, 2.45) is 0 Å². The first-order chi connectivity index (χ1) is 8.76. The van der Waals surface area contributed by atoms with E-state index in [1.165, 1.54) is 13.4 Å². The lowest BCUT2D eigenvalue weighted by atomic mass is 10.1. The molecule has 0 radical (unpaired) electrons. The molecule has 5 nitrogen and oxygen atoms in total. The number of methoxy groups -OCH3 is 2. The average Bonchev–Trinajstić information content (AvgIpc) is 2.85. The lowest BCUT2D eigenvalue weighted by Crippen LogP contribution is -1.91. The minimum atomic E-state index is -0.0217.